The minimum absolute atomic E-state index is 0. The van der Waals surface area contributed by atoms with Crippen LogP contribution in [0.1, 0.15) is 0 Å². The van der Waals surface area contributed by atoms with E-state index >= 15 is 0 Å². The molecular formula is C12H26Mo2N4O10S6-2. The van der Waals surface area contributed by atoms with Crippen LogP contribution in [0.2, 0.25) is 0 Å². The summed E-state index contributed by atoms with van der Waals surface area (Å²) in [6, 6.07) is -3.69. The molecule has 34 heavy (non-hydrogen) atoms. The molecule has 0 rings (SSSR count). The van der Waals surface area contributed by atoms with Crippen LogP contribution >= 0.6 is 43.2 Å². The van der Waals surface area contributed by atoms with Crippen LogP contribution in [-0.2, 0) is 92.5 Å². The van der Waals surface area contributed by atoms with Gasteiger partial charge in [0.05, 0.1) is 0 Å². The Morgan fingerprint density at radius 1 is 0.500 bits per heavy atom. The van der Waals surface area contributed by atoms with E-state index in [9.17, 15) is 19.2 Å². The van der Waals surface area contributed by atoms with Gasteiger partial charge >= 0.3 is 70.2 Å². The Labute approximate surface area is 248 Å². The van der Waals surface area contributed by atoms with Gasteiger partial charge in [0, 0.05) is 23.0 Å². The summed E-state index contributed by atoms with van der Waals surface area (Å²) in [6.45, 7) is 0. The van der Waals surface area contributed by atoms with E-state index in [0.29, 0.717) is 39.6 Å². The average Bonchev–Trinajstić information content (AvgIpc) is 2.76. The number of hydrogen-bond donors (Lipinski definition) is 8. The summed E-state index contributed by atoms with van der Waals surface area (Å²) in [6.07, 6.45) is 0. The second-order valence-corrected chi connectivity index (χ2v) is 10.0. The van der Waals surface area contributed by atoms with E-state index in [-0.39, 0.29) is 50.0 Å². The number of rotatable bonds is 14. The Morgan fingerprint density at radius 3 is 0.706 bits per heavy atom. The zero-order valence-electron chi connectivity index (χ0n) is 17.0. The number of nitrogens with two attached hydrogens (primary N) is 4. The summed E-state index contributed by atoms with van der Waals surface area (Å²) in [5.41, 5.74) is 20.8. The smallest absolute Gasteiger partial charge is 0.813 e. The molecule has 0 aliphatic rings. The first-order valence-electron chi connectivity index (χ1n) is 7.65. The van der Waals surface area contributed by atoms with Crippen LogP contribution in [0.3, 0.4) is 0 Å². The fraction of sp³-hybridized carbons (Fsp3) is 0.667. The quantitative estimate of drug-likeness (QED) is 0.0300. The van der Waals surface area contributed by atoms with Crippen molar-refractivity contribution in [2.45, 2.75) is 24.2 Å². The third kappa shape index (κ3) is 35.0. The minimum Gasteiger partial charge on any atom is -0.813 e. The van der Waals surface area contributed by atoms with Gasteiger partial charge in [-0.2, -0.15) is 0 Å². The van der Waals surface area contributed by atoms with Crippen LogP contribution in [0.25, 0.3) is 0 Å². The standard InChI is InChI=1S/2C6H12N2O4S2.2Mo.2O.2H2S/c2*7-3(5(9)10)1-13-14-2-4(8)6(11)12;;;;;;/h2*3-4H,1-2,7-8H2,(H,9,10)(H,11,12);;;;;2*1H2/p-2. The average molecular weight is 771 g/mol. The summed E-state index contributed by atoms with van der Waals surface area (Å²) in [7, 11) is 4.81. The summed E-state index contributed by atoms with van der Waals surface area (Å²) >= 11 is 1.40. The van der Waals surface area contributed by atoms with Crippen molar-refractivity contribution < 1.29 is 86.0 Å². The van der Waals surface area contributed by atoms with Gasteiger partial charge in [0.1, 0.15) is 24.2 Å². The minimum atomic E-state index is -1.07. The van der Waals surface area contributed by atoms with Gasteiger partial charge < -0.3 is 70.4 Å². The maximum atomic E-state index is 10.3. The normalized spacial score (nSPS) is 12.4. The van der Waals surface area contributed by atoms with Crippen LogP contribution in [0.15, 0.2) is 0 Å². The van der Waals surface area contributed by atoms with Crippen molar-refractivity contribution in [1.82, 2.24) is 0 Å². The maximum Gasteiger partial charge on any atom is -0.813 e. The maximum absolute atomic E-state index is 10.3. The zero-order valence-corrected chi connectivity index (χ0v) is 26.1. The van der Waals surface area contributed by atoms with Gasteiger partial charge in [0.2, 0.25) is 0 Å². The SMILES string of the molecule is NC(CSSCC(N)C(=O)O)C(=O)O.NC(CSSCC(N)C(=O)O)C(=O)O.[O]=[Mo].[O]=[Mo].[SH-].[SH-]. The molecule has 14 nitrogen and oxygen atoms in total. The Bertz CT molecular complexity index is 473. The number of aliphatic carboxylic acids is 4. The molecule has 0 aromatic heterocycles. The van der Waals surface area contributed by atoms with Gasteiger partial charge in [-0.1, -0.05) is 43.2 Å². The number of carboxylic acid groups (broad SMARTS) is 4. The van der Waals surface area contributed by atoms with Crippen molar-refractivity contribution in [3.63, 3.8) is 0 Å². The predicted molar refractivity (Wildman–Crippen MR) is 131 cm³/mol. The van der Waals surface area contributed by atoms with E-state index in [2.05, 4.69) is 0 Å². The van der Waals surface area contributed by atoms with Gasteiger partial charge in [-0.3, -0.25) is 19.2 Å². The summed E-state index contributed by atoms with van der Waals surface area (Å²) in [5, 5.41) is 33.6. The molecule has 22 heteroatoms. The van der Waals surface area contributed by atoms with Crippen molar-refractivity contribution >= 4 is 94.0 Å². The number of carbonyl (C=O) groups is 4. The molecule has 0 fully saturated rings. The fourth-order valence-electron chi connectivity index (χ4n) is 0.771. The molecule has 0 aromatic rings. The molecule has 0 aromatic carbocycles. The molecule has 4 atom stereocenters. The first kappa shape index (κ1) is 47.9. The molecule has 0 saturated carbocycles. The number of carboxylic acids is 4. The van der Waals surface area contributed by atoms with Gasteiger partial charge in [0.15, 0.2) is 0 Å². The Morgan fingerprint density at radius 2 is 0.618 bits per heavy atom. The van der Waals surface area contributed by atoms with Crippen molar-refractivity contribution in [1.29, 1.82) is 0 Å². The van der Waals surface area contributed by atoms with E-state index in [1.807, 2.05) is 0 Å². The predicted octanol–water partition coefficient (Wildman–Crippen LogP) is -2.40. The van der Waals surface area contributed by atoms with Crippen LogP contribution in [0.5, 0.6) is 0 Å². The molecule has 12 N–H and O–H groups in total. The van der Waals surface area contributed by atoms with Gasteiger partial charge in [-0.15, -0.1) is 0 Å². The van der Waals surface area contributed by atoms with Crippen LogP contribution in [-0.4, -0.2) is 91.5 Å². The molecule has 204 valence electrons. The first-order chi connectivity index (χ1) is 14.9. The third-order valence-electron chi connectivity index (χ3n) is 2.43. The molecule has 0 spiro atoms. The molecule has 0 bridgehead atoms. The molecule has 0 aliphatic heterocycles. The first-order valence-corrected chi connectivity index (χ1v) is 14.3. The zero-order chi connectivity index (χ0) is 26.3. The second-order valence-electron chi connectivity index (χ2n) is 4.92. The van der Waals surface area contributed by atoms with Crippen LogP contribution in [0, 0.1) is 0 Å². The molecule has 0 heterocycles. The molecule has 0 aliphatic carbocycles. The van der Waals surface area contributed by atoms with Gasteiger partial charge in [-0.05, 0) is 0 Å². The van der Waals surface area contributed by atoms with Gasteiger partial charge in [-0.25, -0.2) is 0 Å². The Balaban J connectivity index is -0.0000000954. The van der Waals surface area contributed by atoms with E-state index < -0.39 is 48.0 Å². The molecular weight excluding hydrogens is 744 g/mol. The topological polar surface area (TPSA) is 287 Å². The van der Waals surface area contributed by atoms with E-state index in [1.54, 1.807) is 0 Å². The number of hydrogen-bond acceptors (Lipinski definition) is 16. The summed E-state index contributed by atoms with van der Waals surface area (Å²) < 4.78 is 16.5. The molecule has 0 saturated heterocycles. The van der Waals surface area contributed by atoms with Crippen LogP contribution < -0.4 is 22.9 Å². The molecule has 0 radical (unpaired) electrons. The van der Waals surface area contributed by atoms with Crippen molar-refractivity contribution in [3.05, 3.63) is 0 Å². The molecule has 4 unspecified atom stereocenters. The van der Waals surface area contributed by atoms with Crippen molar-refractivity contribution in [2.24, 2.45) is 22.9 Å². The van der Waals surface area contributed by atoms with E-state index in [4.69, 9.17) is 50.2 Å². The Hall–Kier alpha value is 0.797. The molecule has 0 amide bonds. The van der Waals surface area contributed by atoms with Crippen LogP contribution in [0.4, 0.5) is 0 Å². The second kappa shape index (κ2) is 33.8. The Kier molecular flexibility index (Phi) is 47.6. The summed E-state index contributed by atoms with van der Waals surface area (Å²) in [4.78, 5) is 41.1. The van der Waals surface area contributed by atoms with E-state index in [1.165, 1.54) is 43.2 Å². The largest absolute Gasteiger partial charge is 0.813 e. The monoisotopic (exact) mass is 774 g/mol. The summed E-state index contributed by atoms with van der Waals surface area (Å²) in [5.74, 6) is -3.36. The fourth-order valence-corrected chi connectivity index (χ4v) is 5.23. The van der Waals surface area contributed by atoms with E-state index in [0.717, 1.165) is 0 Å². The third-order valence-corrected chi connectivity index (χ3v) is 7.37. The van der Waals surface area contributed by atoms with Crippen molar-refractivity contribution in [3.8, 4) is 0 Å². The number of thiol groups is 2. The van der Waals surface area contributed by atoms with Gasteiger partial charge in [0.25, 0.3) is 0 Å². The van der Waals surface area contributed by atoms with Crippen molar-refractivity contribution in [2.75, 3.05) is 23.0 Å².